The van der Waals surface area contributed by atoms with E-state index < -0.39 is 0 Å². The number of carbonyl (C=O) groups excluding carboxylic acids is 2. The molecule has 152 valence electrons. The molecule has 1 rings (SSSR count). The van der Waals surface area contributed by atoms with Gasteiger partial charge < -0.3 is 14.8 Å². The first-order chi connectivity index (χ1) is 12.7. The first kappa shape index (κ1) is 22.7. The first-order valence-corrected chi connectivity index (χ1v) is 10.4. The SMILES string of the molecule is CCCCCCCCCOC(=O)N1CCC[C@H]1C(=O)NCCCCOC. The Labute approximate surface area is 159 Å². The Bertz CT molecular complexity index is 390. The summed E-state index contributed by atoms with van der Waals surface area (Å²) in [5.41, 5.74) is 0. The van der Waals surface area contributed by atoms with E-state index in [1.807, 2.05) is 0 Å². The zero-order chi connectivity index (χ0) is 19.0. The second-order valence-corrected chi connectivity index (χ2v) is 7.08. The van der Waals surface area contributed by atoms with Crippen LogP contribution in [0.3, 0.4) is 0 Å². The molecule has 1 heterocycles. The second kappa shape index (κ2) is 14.8. The molecule has 1 atom stereocenters. The van der Waals surface area contributed by atoms with Crippen LogP contribution in [-0.2, 0) is 14.3 Å². The number of nitrogens with one attached hydrogen (secondary N) is 1. The van der Waals surface area contributed by atoms with Crippen molar-refractivity contribution in [2.24, 2.45) is 0 Å². The minimum atomic E-state index is -0.376. The van der Waals surface area contributed by atoms with E-state index in [9.17, 15) is 9.59 Å². The maximum Gasteiger partial charge on any atom is 0.410 e. The van der Waals surface area contributed by atoms with Gasteiger partial charge in [-0.2, -0.15) is 0 Å². The number of hydrogen-bond acceptors (Lipinski definition) is 4. The van der Waals surface area contributed by atoms with Crippen molar-refractivity contribution in [2.75, 3.05) is 33.4 Å². The van der Waals surface area contributed by atoms with Crippen molar-refractivity contribution < 1.29 is 19.1 Å². The molecule has 1 aliphatic rings. The van der Waals surface area contributed by atoms with Gasteiger partial charge in [0, 0.05) is 26.8 Å². The van der Waals surface area contributed by atoms with E-state index in [4.69, 9.17) is 9.47 Å². The Kier molecular flexibility index (Phi) is 13.0. The molecule has 6 nitrogen and oxygen atoms in total. The average molecular weight is 371 g/mol. The largest absolute Gasteiger partial charge is 0.449 e. The van der Waals surface area contributed by atoms with E-state index >= 15 is 0 Å². The molecule has 0 radical (unpaired) electrons. The van der Waals surface area contributed by atoms with Crippen LogP contribution in [0.2, 0.25) is 0 Å². The molecule has 1 saturated heterocycles. The molecule has 1 aliphatic heterocycles. The summed E-state index contributed by atoms with van der Waals surface area (Å²) >= 11 is 0. The molecule has 26 heavy (non-hydrogen) atoms. The van der Waals surface area contributed by atoms with Crippen molar-refractivity contribution in [3.63, 3.8) is 0 Å². The Morgan fingerprint density at radius 1 is 1.00 bits per heavy atom. The number of methoxy groups -OCH3 is 1. The van der Waals surface area contributed by atoms with E-state index in [0.717, 1.165) is 38.5 Å². The van der Waals surface area contributed by atoms with Crippen LogP contribution >= 0.6 is 0 Å². The van der Waals surface area contributed by atoms with Crippen LogP contribution in [0.1, 0.15) is 77.6 Å². The van der Waals surface area contributed by atoms with E-state index in [-0.39, 0.29) is 18.0 Å². The van der Waals surface area contributed by atoms with E-state index in [1.165, 1.54) is 32.1 Å². The lowest BCUT2D eigenvalue weighted by Gasteiger charge is -2.23. The summed E-state index contributed by atoms with van der Waals surface area (Å²) in [6.07, 6.45) is 11.4. The standard InChI is InChI=1S/C20H38N2O4/c1-3-4-5-6-7-8-10-17-26-20(24)22-15-12-13-18(22)19(23)21-14-9-11-16-25-2/h18H,3-17H2,1-2H3,(H,21,23)/t18-/m0/s1. The number of amides is 2. The highest BCUT2D eigenvalue weighted by atomic mass is 16.6. The lowest BCUT2D eigenvalue weighted by atomic mass is 10.1. The van der Waals surface area contributed by atoms with Gasteiger partial charge in [0.1, 0.15) is 6.04 Å². The molecule has 0 spiro atoms. The van der Waals surface area contributed by atoms with Crippen molar-refractivity contribution in [1.29, 1.82) is 0 Å². The Morgan fingerprint density at radius 3 is 2.42 bits per heavy atom. The molecule has 0 unspecified atom stereocenters. The van der Waals surface area contributed by atoms with Crippen LogP contribution in [0.5, 0.6) is 0 Å². The van der Waals surface area contributed by atoms with Crippen LogP contribution in [0.4, 0.5) is 4.79 Å². The zero-order valence-corrected chi connectivity index (χ0v) is 16.8. The molecule has 6 heteroatoms. The topological polar surface area (TPSA) is 67.9 Å². The molecular formula is C20H38N2O4. The Balaban J connectivity index is 2.16. The van der Waals surface area contributed by atoms with Crippen LogP contribution < -0.4 is 5.32 Å². The fraction of sp³-hybridized carbons (Fsp3) is 0.900. The van der Waals surface area contributed by atoms with E-state index in [2.05, 4.69) is 12.2 Å². The minimum absolute atomic E-state index is 0.0622. The first-order valence-electron chi connectivity index (χ1n) is 10.4. The summed E-state index contributed by atoms with van der Waals surface area (Å²) in [5, 5.41) is 2.93. The molecule has 0 bridgehead atoms. The van der Waals surface area contributed by atoms with Gasteiger partial charge in [-0.1, -0.05) is 45.4 Å². The lowest BCUT2D eigenvalue weighted by molar-refractivity contribution is -0.125. The van der Waals surface area contributed by atoms with Gasteiger partial charge in [0.2, 0.25) is 5.91 Å². The third-order valence-corrected chi connectivity index (χ3v) is 4.84. The average Bonchev–Trinajstić information content (AvgIpc) is 3.13. The van der Waals surface area contributed by atoms with E-state index in [0.29, 0.717) is 26.3 Å². The maximum atomic E-state index is 12.3. The van der Waals surface area contributed by atoms with Crippen LogP contribution in [0.25, 0.3) is 0 Å². The second-order valence-electron chi connectivity index (χ2n) is 7.08. The molecule has 0 aromatic carbocycles. The van der Waals surface area contributed by atoms with Gasteiger partial charge in [0.15, 0.2) is 0 Å². The van der Waals surface area contributed by atoms with Gasteiger partial charge in [0.05, 0.1) is 6.61 Å². The normalized spacial score (nSPS) is 16.7. The van der Waals surface area contributed by atoms with Gasteiger partial charge >= 0.3 is 6.09 Å². The predicted octanol–water partition coefficient (Wildman–Crippen LogP) is 3.88. The lowest BCUT2D eigenvalue weighted by Crippen LogP contribution is -2.46. The van der Waals surface area contributed by atoms with Crippen molar-refractivity contribution in [3.8, 4) is 0 Å². The summed E-state index contributed by atoms with van der Waals surface area (Å²) in [7, 11) is 1.67. The van der Waals surface area contributed by atoms with Gasteiger partial charge in [0.25, 0.3) is 0 Å². The summed E-state index contributed by atoms with van der Waals surface area (Å²) in [5.74, 6) is -0.0622. The molecule has 2 amide bonds. The van der Waals surface area contributed by atoms with Gasteiger partial charge in [-0.25, -0.2) is 4.79 Å². The summed E-state index contributed by atoms with van der Waals surface area (Å²) in [4.78, 5) is 26.1. The Morgan fingerprint density at radius 2 is 1.69 bits per heavy atom. The Hall–Kier alpha value is -1.30. The molecule has 0 aromatic rings. The number of likely N-dealkylation sites (tertiary alicyclic amines) is 1. The van der Waals surface area contributed by atoms with Crippen molar-refractivity contribution in [3.05, 3.63) is 0 Å². The van der Waals surface area contributed by atoms with Crippen molar-refractivity contribution >= 4 is 12.0 Å². The quantitative estimate of drug-likeness (QED) is 0.471. The van der Waals surface area contributed by atoms with Crippen LogP contribution in [0.15, 0.2) is 0 Å². The number of unbranched alkanes of at least 4 members (excludes halogenated alkanes) is 7. The highest BCUT2D eigenvalue weighted by Crippen LogP contribution is 2.18. The number of carbonyl (C=O) groups is 2. The van der Waals surface area contributed by atoms with Crippen molar-refractivity contribution in [2.45, 2.75) is 83.6 Å². The molecular weight excluding hydrogens is 332 g/mol. The fourth-order valence-electron chi connectivity index (χ4n) is 3.26. The summed E-state index contributed by atoms with van der Waals surface area (Å²) in [6.45, 7) is 4.61. The molecule has 1 N–H and O–H groups in total. The smallest absolute Gasteiger partial charge is 0.410 e. The molecule has 0 saturated carbocycles. The number of nitrogens with zero attached hydrogens (tertiary/aromatic N) is 1. The summed E-state index contributed by atoms with van der Waals surface area (Å²) < 4.78 is 10.4. The van der Waals surface area contributed by atoms with Crippen molar-refractivity contribution in [1.82, 2.24) is 10.2 Å². The van der Waals surface area contributed by atoms with Gasteiger partial charge in [-0.3, -0.25) is 9.69 Å². The number of rotatable bonds is 14. The fourth-order valence-corrected chi connectivity index (χ4v) is 3.26. The number of ether oxygens (including phenoxy) is 2. The number of hydrogen-bond donors (Lipinski definition) is 1. The molecule has 1 fully saturated rings. The summed E-state index contributed by atoms with van der Waals surface area (Å²) in [6, 6.07) is -0.376. The maximum absolute atomic E-state index is 12.3. The van der Waals surface area contributed by atoms with Gasteiger partial charge in [-0.05, 0) is 32.1 Å². The van der Waals surface area contributed by atoms with Crippen LogP contribution in [0, 0.1) is 0 Å². The van der Waals surface area contributed by atoms with Crippen LogP contribution in [-0.4, -0.2) is 56.4 Å². The van der Waals surface area contributed by atoms with E-state index in [1.54, 1.807) is 12.0 Å². The highest BCUT2D eigenvalue weighted by Gasteiger charge is 2.34. The third-order valence-electron chi connectivity index (χ3n) is 4.84. The predicted molar refractivity (Wildman–Crippen MR) is 103 cm³/mol. The third kappa shape index (κ3) is 9.41. The minimum Gasteiger partial charge on any atom is -0.449 e. The molecule has 0 aromatic heterocycles. The van der Waals surface area contributed by atoms with Gasteiger partial charge in [-0.15, -0.1) is 0 Å². The molecule has 0 aliphatic carbocycles. The highest BCUT2D eigenvalue weighted by molar-refractivity contribution is 5.86. The zero-order valence-electron chi connectivity index (χ0n) is 16.8. The monoisotopic (exact) mass is 370 g/mol.